The number of rotatable bonds is 4. The number of aromatic nitrogens is 5. The first-order valence-corrected chi connectivity index (χ1v) is 12.9. The van der Waals surface area contributed by atoms with Crippen LogP contribution >= 0.6 is 15.9 Å². The van der Waals surface area contributed by atoms with Gasteiger partial charge in [-0.3, -0.25) is 14.6 Å². The van der Waals surface area contributed by atoms with E-state index in [0.717, 1.165) is 25.0 Å². The van der Waals surface area contributed by atoms with Crippen molar-refractivity contribution in [2.24, 2.45) is 5.41 Å². The summed E-state index contributed by atoms with van der Waals surface area (Å²) in [6.45, 7) is 1.82. The number of fused-ring (bicyclic) bond motifs is 4. The van der Waals surface area contributed by atoms with Crippen molar-refractivity contribution in [2.45, 2.75) is 51.0 Å². The Kier molecular flexibility index (Phi) is 5.79. The van der Waals surface area contributed by atoms with Crippen LogP contribution in [0.15, 0.2) is 41.5 Å². The van der Waals surface area contributed by atoms with Gasteiger partial charge in [-0.15, -0.1) is 0 Å². The van der Waals surface area contributed by atoms with Crippen LogP contribution in [-0.2, 0) is 22.3 Å². The molecule has 1 aliphatic carbocycles. The lowest BCUT2D eigenvalue weighted by Gasteiger charge is -2.44. The third-order valence-electron chi connectivity index (χ3n) is 7.86. The molecule has 4 heterocycles. The number of hydrogen-bond acceptors (Lipinski definition) is 7. The number of alkyl halides is 3. The maximum Gasteiger partial charge on any atom is 0.416 e. The highest BCUT2D eigenvalue weighted by Crippen LogP contribution is 2.54. The largest absolute Gasteiger partial charge is 0.416 e. The first kappa shape index (κ1) is 25.5. The van der Waals surface area contributed by atoms with E-state index in [9.17, 15) is 22.8 Å². The summed E-state index contributed by atoms with van der Waals surface area (Å²) < 4.78 is 42.4. The van der Waals surface area contributed by atoms with Gasteiger partial charge in [0.25, 0.3) is 0 Å². The minimum atomic E-state index is -4.56. The number of nitrogens with two attached hydrogens (primary N) is 1. The third-order valence-corrected chi connectivity index (χ3v) is 8.24. The molecule has 3 N–H and O–H groups in total. The van der Waals surface area contributed by atoms with Gasteiger partial charge in [0.1, 0.15) is 35.0 Å². The number of likely N-dealkylation sites (tertiary alicyclic amines) is 1. The normalized spacial score (nSPS) is 22.6. The number of carbonyl (C=O) groups excluding carboxylic acids is 2. The lowest BCUT2D eigenvalue weighted by molar-refractivity contribution is -0.141. The third kappa shape index (κ3) is 4.17. The molecule has 1 saturated carbocycles. The molecule has 0 spiro atoms. The molecule has 2 amide bonds. The second kappa shape index (κ2) is 8.86. The SMILES string of the molecule is C[C@]12CC[C@H]1N(C(=O)Cn1c3ccc(C(F)(F)F)cc3c3c(N)ncnc31)[C@H](C(=O)Nc1cncc(Br)n1)C2. The summed E-state index contributed by atoms with van der Waals surface area (Å²) in [6, 6.07) is 2.37. The Hall–Kier alpha value is -3.81. The number of amides is 2. The van der Waals surface area contributed by atoms with E-state index < -0.39 is 17.8 Å². The van der Waals surface area contributed by atoms with E-state index in [2.05, 4.69) is 48.1 Å². The zero-order valence-corrected chi connectivity index (χ0v) is 22.1. The van der Waals surface area contributed by atoms with Crippen molar-refractivity contribution in [1.82, 2.24) is 29.4 Å². The number of nitrogen functional groups attached to an aromatic ring is 1. The van der Waals surface area contributed by atoms with Crippen LogP contribution in [0.1, 0.15) is 31.7 Å². The first-order chi connectivity index (χ1) is 18.5. The number of carbonyl (C=O) groups is 2. The van der Waals surface area contributed by atoms with E-state index >= 15 is 0 Å². The van der Waals surface area contributed by atoms with Gasteiger partial charge in [-0.1, -0.05) is 6.92 Å². The molecule has 10 nitrogen and oxygen atoms in total. The number of hydrogen-bond donors (Lipinski definition) is 2. The Bertz CT molecular complexity index is 1660. The van der Waals surface area contributed by atoms with Crippen LogP contribution in [0.3, 0.4) is 0 Å². The second-order valence-electron chi connectivity index (χ2n) is 10.2. The Morgan fingerprint density at radius 3 is 2.74 bits per heavy atom. The molecule has 1 aliphatic heterocycles. The summed E-state index contributed by atoms with van der Waals surface area (Å²) in [5.41, 5.74) is 5.60. The first-order valence-electron chi connectivity index (χ1n) is 12.2. The summed E-state index contributed by atoms with van der Waals surface area (Å²) in [4.78, 5) is 45.3. The number of anilines is 2. The van der Waals surface area contributed by atoms with Crippen LogP contribution in [0.25, 0.3) is 21.9 Å². The van der Waals surface area contributed by atoms with Crippen LogP contribution in [0.5, 0.6) is 0 Å². The number of benzene rings is 1. The number of halogens is 4. The lowest BCUT2D eigenvalue weighted by atomic mass is 9.66. The maximum atomic E-state index is 13.9. The molecule has 1 aromatic carbocycles. The predicted molar refractivity (Wildman–Crippen MR) is 139 cm³/mol. The molecule has 2 fully saturated rings. The van der Waals surface area contributed by atoms with E-state index in [0.29, 0.717) is 16.5 Å². The Balaban J connectivity index is 1.37. The summed E-state index contributed by atoms with van der Waals surface area (Å²) in [5.74, 6) is -0.466. The van der Waals surface area contributed by atoms with Gasteiger partial charge >= 0.3 is 6.18 Å². The zero-order chi connectivity index (χ0) is 27.7. The second-order valence-corrected chi connectivity index (χ2v) is 11.0. The van der Waals surface area contributed by atoms with Crippen molar-refractivity contribution in [3.05, 3.63) is 47.1 Å². The van der Waals surface area contributed by atoms with E-state index in [1.165, 1.54) is 29.4 Å². The van der Waals surface area contributed by atoms with E-state index in [1.54, 1.807) is 4.90 Å². The summed E-state index contributed by atoms with van der Waals surface area (Å²) in [6.07, 6.45) is 1.65. The predicted octanol–water partition coefficient (Wildman–Crippen LogP) is 4.15. The van der Waals surface area contributed by atoms with Gasteiger partial charge in [0.15, 0.2) is 5.82 Å². The number of nitrogens with zero attached hydrogens (tertiary/aromatic N) is 6. The monoisotopic (exact) mass is 602 g/mol. The highest BCUT2D eigenvalue weighted by Gasteiger charge is 2.58. The van der Waals surface area contributed by atoms with E-state index in [-0.39, 0.29) is 57.9 Å². The quantitative estimate of drug-likeness (QED) is 0.358. The van der Waals surface area contributed by atoms with Crippen LogP contribution < -0.4 is 11.1 Å². The van der Waals surface area contributed by atoms with Crippen LogP contribution in [0.4, 0.5) is 24.8 Å². The fraction of sp³-hybridized carbons (Fsp3) is 0.360. The average Bonchev–Trinajstić information content (AvgIpc) is 3.28. The Labute approximate surface area is 227 Å². The van der Waals surface area contributed by atoms with Crippen LogP contribution in [-0.4, -0.2) is 53.3 Å². The molecule has 0 radical (unpaired) electrons. The molecule has 39 heavy (non-hydrogen) atoms. The van der Waals surface area contributed by atoms with Crippen molar-refractivity contribution in [3.63, 3.8) is 0 Å². The minimum Gasteiger partial charge on any atom is -0.383 e. The molecular weight excluding hydrogens is 581 g/mol. The molecule has 202 valence electrons. The summed E-state index contributed by atoms with van der Waals surface area (Å²) >= 11 is 3.23. The highest BCUT2D eigenvalue weighted by molar-refractivity contribution is 9.10. The molecule has 0 bridgehead atoms. The molecule has 3 aromatic heterocycles. The van der Waals surface area contributed by atoms with Gasteiger partial charge in [-0.25, -0.2) is 15.0 Å². The smallest absolute Gasteiger partial charge is 0.383 e. The van der Waals surface area contributed by atoms with Gasteiger partial charge in [-0.05, 0) is 58.8 Å². The highest BCUT2D eigenvalue weighted by atomic mass is 79.9. The van der Waals surface area contributed by atoms with Crippen LogP contribution in [0, 0.1) is 5.41 Å². The standard InChI is InChI=1S/C25H22BrF3N8O2/c1-24-5-4-16(24)37(15(7-24)23(39)35-18-9-31-8-17(26)34-18)19(38)10-36-14-3-2-12(25(27,28)29)6-13(14)20-21(30)32-11-33-22(20)36/h2-3,6,8-9,11,15-16H,4-5,7,10H2,1H3,(H2,30,32,33)(H,34,35,39)/t15-,16+,24+/m0/s1. The van der Waals surface area contributed by atoms with Crippen molar-refractivity contribution in [1.29, 1.82) is 0 Å². The topological polar surface area (TPSA) is 132 Å². The molecule has 2 aliphatic rings. The molecule has 14 heteroatoms. The summed E-state index contributed by atoms with van der Waals surface area (Å²) in [5, 5.41) is 3.19. The maximum absolute atomic E-state index is 13.9. The minimum absolute atomic E-state index is 0.00986. The Morgan fingerprint density at radius 2 is 2.05 bits per heavy atom. The van der Waals surface area contributed by atoms with Crippen molar-refractivity contribution >= 4 is 61.3 Å². The van der Waals surface area contributed by atoms with Crippen molar-refractivity contribution < 1.29 is 22.8 Å². The number of nitrogens with one attached hydrogen (secondary N) is 1. The molecule has 4 aromatic rings. The average molecular weight is 603 g/mol. The van der Waals surface area contributed by atoms with Gasteiger partial charge in [-0.2, -0.15) is 13.2 Å². The van der Waals surface area contributed by atoms with Crippen LogP contribution in [0.2, 0.25) is 0 Å². The molecule has 0 unspecified atom stereocenters. The van der Waals surface area contributed by atoms with Gasteiger partial charge in [0, 0.05) is 11.4 Å². The zero-order valence-electron chi connectivity index (χ0n) is 20.5. The van der Waals surface area contributed by atoms with Gasteiger partial charge < -0.3 is 20.5 Å². The van der Waals surface area contributed by atoms with Crippen molar-refractivity contribution in [3.8, 4) is 0 Å². The summed E-state index contributed by atoms with van der Waals surface area (Å²) in [7, 11) is 0. The molecule has 6 rings (SSSR count). The fourth-order valence-electron chi connectivity index (χ4n) is 5.91. The molecule has 3 atom stereocenters. The van der Waals surface area contributed by atoms with Gasteiger partial charge in [0.05, 0.1) is 28.9 Å². The van der Waals surface area contributed by atoms with Crippen molar-refractivity contribution in [2.75, 3.05) is 11.1 Å². The van der Waals surface area contributed by atoms with Gasteiger partial charge in [0.2, 0.25) is 11.8 Å². The fourth-order valence-corrected chi connectivity index (χ4v) is 6.22. The Morgan fingerprint density at radius 1 is 1.26 bits per heavy atom. The molecular formula is C25H22BrF3N8O2. The van der Waals surface area contributed by atoms with E-state index in [4.69, 9.17) is 5.73 Å². The van der Waals surface area contributed by atoms with E-state index in [1.807, 2.05) is 0 Å². The molecule has 1 saturated heterocycles. The lowest BCUT2D eigenvalue weighted by Crippen LogP contribution is -2.52.